The van der Waals surface area contributed by atoms with E-state index in [9.17, 15) is 14.9 Å². The number of hydrogen-bond acceptors (Lipinski definition) is 6. The summed E-state index contributed by atoms with van der Waals surface area (Å²) in [5.41, 5.74) is 3.59. The average molecular weight is 335 g/mol. The van der Waals surface area contributed by atoms with E-state index >= 15 is 0 Å². The summed E-state index contributed by atoms with van der Waals surface area (Å²) < 4.78 is 4.97. The van der Waals surface area contributed by atoms with Gasteiger partial charge in [0.25, 0.3) is 5.69 Å². The number of hydrazone groups is 1. The number of nitro groups is 1. The number of benzene rings is 1. The summed E-state index contributed by atoms with van der Waals surface area (Å²) in [7, 11) is 0. The molecule has 0 unspecified atom stereocenters. The van der Waals surface area contributed by atoms with Crippen molar-refractivity contribution in [1.82, 2.24) is 5.43 Å². The molecule has 1 aliphatic heterocycles. The lowest BCUT2D eigenvalue weighted by molar-refractivity contribution is -0.384. The quantitative estimate of drug-likeness (QED) is 0.662. The fourth-order valence-corrected chi connectivity index (χ4v) is 2.50. The fourth-order valence-electron chi connectivity index (χ4n) is 2.29. The third-order valence-corrected chi connectivity index (χ3v) is 3.51. The highest BCUT2D eigenvalue weighted by atomic mass is 35.5. The molecule has 2 N–H and O–H groups in total. The van der Waals surface area contributed by atoms with Crippen molar-refractivity contribution in [2.24, 2.45) is 5.10 Å². The van der Waals surface area contributed by atoms with Crippen LogP contribution in [-0.4, -0.2) is 23.1 Å². The van der Waals surface area contributed by atoms with E-state index in [0.717, 1.165) is 0 Å². The summed E-state index contributed by atoms with van der Waals surface area (Å²) >= 11 is 5.95. The Balaban J connectivity index is 1.93. The molecule has 23 heavy (non-hydrogen) atoms. The van der Waals surface area contributed by atoms with Gasteiger partial charge in [-0.3, -0.25) is 14.9 Å². The van der Waals surface area contributed by atoms with E-state index in [2.05, 4.69) is 15.8 Å². The molecule has 0 aliphatic carbocycles. The number of nitrogens with zero attached hydrogens (tertiary/aromatic N) is 2. The van der Waals surface area contributed by atoms with E-state index in [1.54, 1.807) is 12.1 Å². The topological polar surface area (TPSA) is 110 Å². The number of hydrogen-bond donors (Lipinski definition) is 2. The van der Waals surface area contributed by atoms with Gasteiger partial charge in [0.15, 0.2) is 5.76 Å². The minimum atomic E-state index is -0.512. The van der Waals surface area contributed by atoms with Gasteiger partial charge >= 0.3 is 5.91 Å². The molecule has 1 aromatic carbocycles. The van der Waals surface area contributed by atoms with Crippen LogP contribution in [0.15, 0.2) is 40.0 Å². The second-order valence-electron chi connectivity index (χ2n) is 4.76. The monoisotopic (exact) mass is 334 g/mol. The van der Waals surface area contributed by atoms with Crippen LogP contribution in [-0.2, 0) is 0 Å². The molecular formula is C14H11ClN4O4. The van der Waals surface area contributed by atoms with Gasteiger partial charge in [0, 0.05) is 29.6 Å². The van der Waals surface area contributed by atoms with Crippen LogP contribution in [0.5, 0.6) is 0 Å². The predicted octanol–water partition coefficient (Wildman–Crippen LogP) is 2.79. The molecule has 0 radical (unpaired) electrons. The van der Waals surface area contributed by atoms with Crippen molar-refractivity contribution in [3.05, 3.63) is 57.0 Å². The Morgan fingerprint density at radius 2 is 2.30 bits per heavy atom. The van der Waals surface area contributed by atoms with Crippen molar-refractivity contribution in [3.8, 4) is 0 Å². The molecule has 0 spiro atoms. The Hall–Kier alpha value is -2.87. The third-order valence-electron chi connectivity index (χ3n) is 3.29. The van der Waals surface area contributed by atoms with Crippen molar-refractivity contribution in [2.75, 3.05) is 11.9 Å². The number of amides is 1. The average Bonchev–Trinajstić information content (AvgIpc) is 3.06. The molecule has 1 aromatic heterocycles. The number of anilines is 1. The highest BCUT2D eigenvalue weighted by molar-refractivity contribution is 6.31. The molecule has 8 nitrogen and oxygen atoms in total. The number of nitrogens with one attached hydrogen (secondary N) is 2. The standard InChI is InChI=1S/C14H11ClN4O4/c15-8-6-9-10(17-18-14(20)12-2-1-5-23-12)3-4-16-13(9)11(7-8)19(21)22/h1-2,5-7,16H,3-4H2,(H,18,20)/b17-10+. The van der Waals surface area contributed by atoms with Gasteiger partial charge in [-0.2, -0.15) is 5.10 Å². The second-order valence-corrected chi connectivity index (χ2v) is 5.19. The molecule has 9 heteroatoms. The maximum atomic E-state index is 11.8. The minimum Gasteiger partial charge on any atom is -0.459 e. The lowest BCUT2D eigenvalue weighted by Crippen LogP contribution is -2.24. The second kappa shape index (κ2) is 6.09. The van der Waals surface area contributed by atoms with Crippen LogP contribution in [0, 0.1) is 10.1 Å². The number of halogens is 1. The molecule has 0 saturated carbocycles. The zero-order valence-corrected chi connectivity index (χ0v) is 12.5. The third kappa shape index (κ3) is 3.02. The van der Waals surface area contributed by atoms with E-state index in [1.165, 1.54) is 18.4 Å². The Kier molecular flexibility index (Phi) is 3.98. The summed E-state index contributed by atoms with van der Waals surface area (Å²) in [5.74, 6) is -0.375. The van der Waals surface area contributed by atoms with Crippen LogP contribution < -0.4 is 10.7 Å². The first-order chi connectivity index (χ1) is 11.1. The lowest BCUT2D eigenvalue weighted by Gasteiger charge is -2.19. The van der Waals surface area contributed by atoms with Crippen LogP contribution in [0.2, 0.25) is 5.02 Å². The largest absolute Gasteiger partial charge is 0.459 e. The van der Waals surface area contributed by atoms with Crippen molar-refractivity contribution in [3.63, 3.8) is 0 Å². The van der Waals surface area contributed by atoms with Gasteiger partial charge in [0.1, 0.15) is 5.69 Å². The molecule has 2 aromatic rings. The number of nitro benzene ring substituents is 1. The summed E-state index contributed by atoms with van der Waals surface area (Å²) in [6.07, 6.45) is 1.87. The molecular weight excluding hydrogens is 324 g/mol. The summed E-state index contributed by atoms with van der Waals surface area (Å²) in [6.45, 7) is 0.463. The summed E-state index contributed by atoms with van der Waals surface area (Å²) in [6, 6.07) is 5.95. The fraction of sp³-hybridized carbons (Fsp3) is 0.143. The number of carbonyl (C=O) groups excluding carboxylic acids is 1. The van der Waals surface area contributed by atoms with E-state index in [-0.39, 0.29) is 16.5 Å². The first kappa shape index (κ1) is 15.0. The lowest BCUT2D eigenvalue weighted by atomic mass is 10.00. The molecule has 0 atom stereocenters. The molecule has 2 heterocycles. The minimum absolute atomic E-state index is 0.126. The van der Waals surface area contributed by atoms with Crippen molar-refractivity contribution >= 4 is 34.6 Å². The normalized spacial score (nSPS) is 14.9. The van der Waals surface area contributed by atoms with Gasteiger partial charge in [0.2, 0.25) is 0 Å². The van der Waals surface area contributed by atoms with E-state index in [1.807, 2.05) is 0 Å². The van der Waals surface area contributed by atoms with E-state index in [0.29, 0.717) is 29.9 Å². The van der Waals surface area contributed by atoms with Crippen molar-refractivity contribution in [1.29, 1.82) is 0 Å². The Labute approximate surface area is 135 Å². The van der Waals surface area contributed by atoms with Gasteiger partial charge in [0.05, 0.1) is 16.9 Å². The molecule has 1 aliphatic rings. The highest BCUT2D eigenvalue weighted by Gasteiger charge is 2.25. The smallest absolute Gasteiger partial charge is 0.307 e. The Bertz CT molecular complexity index is 801. The first-order valence-corrected chi connectivity index (χ1v) is 7.06. The van der Waals surface area contributed by atoms with Crippen LogP contribution in [0.4, 0.5) is 11.4 Å². The van der Waals surface area contributed by atoms with Crippen LogP contribution in [0.3, 0.4) is 0 Å². The number of rotatable bonds is 3. The van der Waals surface area contributed by atoms with Gasteiger partial charge < -0.3 is 9.73 Å². The molecule has 118 valence electrons. The van der Waals surface area contributed by atoms with Gasteiger partial charge in [-0.15, -0.1) is 0 Å². The van der Waals surface area contributed by atoms with Gasteiger partial charge in [-0.05, 0) is 18.2 Å². The number of carbonyl (C=O) groups is 1. The molecule has 0 fully saturated rings. The van der Waals surface area contributed by atoms with Crippen LogP contribution in [0.25, 0.3) is 0 Å². The number of fused-ring (bicyclic) bond motifs is 1. The summed E-state index contributed by atoms with van der Waals surface area (Å²) in [4.78, 5) is 22.5. The van der Waals surface area contributed by atoms with Crippen LogP contribution >= 0.6 is 11.6 Å². The molecule has 0 saturated heterocycles. The van der Waals surface area contributed by atoms with E-state index < -0.39 is 10.8 Å². The van der Waals surface area contributed by atoms with Gasteiger partial charge in [-0.25, -0.2) is 5.43 Å². The summed E-state index contributed by atoms with van der Waals surface area (Å²) in [5, 5.41) is 18.4. The van der Waals surface area contributed by atoms with Crippen molar-refractivity contribution < 1.29 is 14.1 Å². The highest BCUT2D eigenvalue weighted by Crippen LogP contribution is 2.35. The van der Waals surface area contributed by atoms with Crippen molar-refractivity contribution in [2.45, 2.75) is 6.42 Å². The Morgan fingerprint density at radius 1 is 1.48 bits per heavy atom. The maximum Gasteiger partial charge on any atom is 0.307 e. The zero-order valence-electron chi connectivity index (χ0n) is 11.7. The van der Waals surface area contributed by atoms with Crippen LogP contribution in [0.1, 0.15) is 22.5 Å². The Morgan fingerprint density at radius 3 is 3.00 bits per heavy atom. The maximum absolute atomic E-state index is 11.8. The molecule has 1 amide bonds. The molecule has 0 bridgehead atoms. The van der Waals surface area contributed by atoms with E-state index in [4.69, 9.17) is 16.0 Å². The zero-order chi connectivity index (χ0) is 16.4. The number of furan rings is 1. The SMILES string of the molecule is O=C(N/N=C1\CCNc2c1cc(Cl)cc2[N+](=O)[O-])c1ccco1. The predicted molar refractivity (Wildman–Crippen MR) is 83.9 cm³/mol. The first-order valence-electron chi connectivity index (χ1n) is 6.69. The van der Waals surface area contributed by atoms with Gasteiger partial charge in [-0.1, -0.05) is 11.6 Å². The molecule has 3 rings (SSSR count).